The van der Waals surface area contributed by atoms with Gasteiger partial charge in [-0.1, -0.05) is 11.6 Å². The van der Waals surface area contributed by atoms with Crippen molar-refractivity contribution in [3.63, 3.8) is 0 Å². The first-order valence-corrected chi connectivity index (χ1v) is 8.98. The fourth-order valence-corrected chi connectivity index (χ4v) is 2.83. The normalized spacial score (nSPS) is 17.3. The summed E-state index contributed by atoms with van der Waals surface area (Å²) in [6, 6.07) is 3.86. The average Bonchev–Trinajstić information content (AvgIpc) is 3.08. The molecule has 1 aliphatic heterocycles. The molecule has 1 aliphatic rings. The number of nitrogens with one attached hydrogen (secondary N) is 2. The molecule has 8 nitrogen and oxygen atoms in total. The molecule has 0 aromatic carbocycles. The molecule has 0 aliphatic carbocycles. The highest BCUT2D eigenvalue weighted by molar-refractivity contribution is 6.32. The predicted octanol–water partition coefficient (Wildman–Crippen LogP) is 0.584. The van der Waals surface area contributed by atoms with Gasteiger partial charge in [0.25, 0.3) is 0 Å². The van der Waals surface area contributed by atoms with Crippen LogP contribution in [-0.4, -0.2) is 81.8 Å². The van der Waals surface area contributed by atoms with Gasteiger partial charge in [-0.15, -0.1) is 0 Å². The van der Waals surface area contributed by atoms with Crippen molar-refractivity contribution in [3.05, 3.63) is 23.4 Å². The molecule has 1 aromatic rings. The Morgan fingerprint density at radius 1 is 1.54 bits per heavy atom. The number of halogens is 1. The van der Waals surface area contributed by atoms with Crippen molar-refractivity contribution in [2.24, 2.45) is 4.99 Å². The van der Waals surface area contributed by atoms with E-state index in [9.17, 15) is 4.79 Å². The second-order valence-electron chi connectivity index (χ2n) is 6.26. The lowest BCUT2D eigenvalue weighted by atomic mass is 10.3. The number of methoxy groups -OCH3 is 1. The van der Waals surface area contributed by atoms with Gasteiger partial charge in [0.05, 0.1) is 11.6 Å². The van der Waals surface area contributed by atoms with Crippen LogP contribution in [0.2, 0.25) is 5.02 Å². The molecule has 1 amide bonds. The first-order chi connectivity index (χ1) is 12.5. The van der Waals surface area contributed by atoms with E-state index in [1.54, 1.807) is 27.4 Å². The number of aromatic nitrogens is 1. The number of aliphatic imine (C=N–C) groups is 1. The molecular weight excluding hydrogens is 356 g/mol. The summed E-state index contributed by atoms with van der Waals surface area (Å²) in [5.74, 6) is 1.36. The Balaban J connectivity index is 1.95. The zero-order valence-electron chi connectivity index (χ0n) is 15.5. The van der Waals surface area contributed by atoms with Crippen LogP contribution in [0.1, 0.15) is 6.42 Å². The minimum atomic E-state index is -0.0499. The SMILES string of the molecule is COCCNC(=NCC(=O)N(C)C)NC1CCN(c2ncccc2Cl)C1. The second kappa shape index (κ2) is 10.2. The maximum Gasteiger partial charge on any atom is 0.243 e. The smallest absolute Gasteiger partial charge is 0.243 e. The number of carbonyl (C=O) groups excluding carboxylic acids is 1. The maximum atomic E-state index is 11.8. The zero-order valence-corrected chi connectivity index (χ0v) is 16.3. The van der Waals surface area contributed by atoms with Crippen LogP contribution in [-0.2, 0) is 9.53 Å². The van der Waals surface area contributed by atoms with Crippen molar-refractivity contribution < 1.29 is 9.53 Å². The van der Waals surface area contributed by atoms with Gasteiger partial charge in [-0.25, -0.2) is 9.98 Å². The van der Waals surface area contributed by atoms with E-state index in [2.05, 4.69) is 25.5 Å². The number of carbonyl (C=O) groups is 1. The number of amides is 1. The standard InChI is InChI=1S/C17H27ClN6O2/c1-23(2)15(25)11-21-17(20-8-10-26-3)22-13-6-9-24(12-13)16-14(18)5-4-7-19-16/h4-5,7,13H,6,8-12H2,1-3H3,(H2,20,21,22). The highest BCUT2D eigenvalue weighted by Crippen LogP contribution is 2.25. The van der Waals surface area contributed by atoms with Crippen LogP contribution in [0, 0.1) is 0 Å². The van der Waals surface area contributed by atoms with E-state index < -0.39 is 0 Å². The third kappa shape index (κ3) is 6.03. The Kier molecular flexibility index (Phi) is 7.93. The molecule has 0 bridgehead atoms. The predicted molar refractivity (Wildman–Crippen MR) is 104 cm³/mol. The van der Waals surface area contributed by atoms with E-state index in [0.29, 0.717) is 24.1 Å². The minimum Gasteiger partial charge on any atom is -0.383 e. The zero-order chi connectivity index (χ0) is 18.9. The number of nitrogens with zero attached hydrogens (tertiary/aromatic N) is 4. The molecule has 2 N–H and O–H groups in total. The monoisotopic (exact) mass is 382 g/mol. The number of hydrogen-bond donors (Lipinski definition) is 2. The van der Waals surface area contributed by atoms with Crippen LogP contribution in [0.3, 0.4) is 0 Å². The van der Waals surface area contributed by atoms with Gasteiger partial charge in [0.1, 0.15) is 12.4 Å². The Morgan fingerprint density at radius 3 is 3.04 bits per heavy atom. The lowest BCUT2D eigenvalue weighted by Gasteiger charge is -2.20. The molecule has 9 heteroatoms. The van der Waals surface area contributed by atoms with Crippen LogP contribution in [0.25, 0.3) is 0 Å². The van der Waals surface area contributed by atoms with Gasteiger partial charge in [0.15, 0.2) is 5.96 Å². The minimum absolute atomic E-state index is 0.0499. The summed E-state index contributed by atoms with van der Waals surface area (Å²) in [5.41, 5.74) is 0. The van der Waals surface area contributed by atoms with Crippen molar-refractivity contribution >= 4 is 29.3 Å². The molecule has 2 rings (SSSR count). The van der Waals surface area contributed by atoms with Crippen molar-refractivity contribution in [2.45, 2.75) is 12.5 Å². The Bertz CT molecular complexity index is 625. The van der Waals surface area contributed by atoms with Crippen LogP contribution in [0.4, 0.5) is 5.82 Å². The summed E-state index contributed by atoms with van der Waals surface area (Å²) in [6.45, 7) is 2.89. The van der Waals surface area contributed by atoms with E-state index in [1.807, 2.05) is 12.1 Å². The topological polar surface area (TPSA) is 82.1 Å². The molecule has 144 valence electrons. The van der Waals surface area contributed by atoms with Crippen LogP contribution < -0.4 is 15.5 Å². The van der Waals surface area contributed by atoms with Gasteiger partial charge in [0, 0.05) is 53.1 Å². The highest BCUT2D eigenvalue weighted by atomic mass is 35.5. The summed E-state index contributed by atoms with van der Waals surface area (Å²) in [7, 11) is 5.08. The van der Waals surface area contributed by atoms with E-state index >= 15 is 0 Å². The van der Waals surface area contributed by atoms with Gasteiger partial charge in [-0.05, 0) is 18.6 Å². The summed E-state index contributed by atoms with van der Waals surface area (Å²) in [4.78, 5) is 24.2. The molecule has 1 fully saturated rings. The maximum absolute atomic E-state index is 11.8. The number of guanidine groups is 1. The van der Waals surface area contributed by atoms with E-state index in [1.165, 1.54) is 4.90 Å². The van der Waals surface area contributed by atoms with Crippen molar-refractivity contribution in [1.82, 2.24) is 20.5 Å². The van der Waals surface area contributed by atoms with Crippen LogP contribution in [0.5, 0.6) is 0 Å². The molecule has 1 aromatic heterocycles. The summed E-state index contributed by atoms with van der Waals surface area (Å²) >= 11 is 6.24. The molecule has 0 radical (unpaired) electrons. The largest absolute Gasteiger partial charge is 0.383 e. The van der Waals surface area contributed by atoms with Gasteiger partial charge in [-0.3, -0.25) is 4.79 Å². The molecular formula is C17H27ClN6O2. The second-order valence-corrected chi connectivity index (χ2v) is 6.66. The highest BCUT2D eigenvalue weighted by Gasteiger charge is 2.25. The van der Waals surface area contributed by atoms with Gasteiger partial charge in [-0.2, -0.15) is 0 Å². The Morgan fingerprint density at radius 2 is 2.35 bits per heavy atom. The number of anilines is 1. The summed E-state index contributed by atoms with van der Waals surface area (Å²) in [5, 5.41) is 7.23. The summed E-state index contributed by atoms with van der Waals surface area (Å²) < 4.78 is 5.06. The molecule has 0 spiro atoms. The first kappa shape index (κ1) is 20.3. The van der Waals surface area contributed by atoms with Crippen molar-refractivity contribution in [2.75, 3.05) is 58.9 Å². The number of pyridine rings is 1. The van der Waals surface area contributed by atoms with E-state index in [4.69, 9.17) is 16.3 Å². The molecule has 0 saturated carbocycles. The molecule has 1 atom stereocenters. The number of likely N-dealkylation sites (N-methyl/N-ethyl adjacent to an activating group) is 1. The number of ether oxygens (including phenoxy) is 1. The van der Waals surface area contributed by atoms with Crippen LogP contribution >= 0.6 is 11.6 Å². The fourth-order valence-electron chi connectivity index (χ4n) is 2.59. The van der Waals surface area contributed by atoms with Gasteiger partial charge < -0.3 is 25.2 Å². The van der Waals surface area contributed by atoms with Crippen molar-refractivity contribution in [3.8, 4) is 0 Å². The fraction of sp³-hybridized carbons (Fsp3) is 0.588. The summed E-state index contributed by atoms with van der Waals surface area (Å²) in [6.07, 6.45) is 2.67. The van der Waals surface area contributed by atoms with Crippen molar-refractivity contribution in [1.29, 1.82) is 0 Å². The van der Waals surface area contributed by atoms with Crippen LogP contribution in [0.15, 0.2) is 23.3 Å². The first-order valence-electron chi connectivity index (χ1n) is 8.60. The third-order valence-corrected chi connectivity index (χ3v) is 4.33. The molecule has 1 unspecified atom stereocenters. The average molecular weight is 383 g/mol. The van der Waals surface area contributed by atoms with E-state index in [0.717, 1.165) is 25.3 Å². The Hall–Kier alpha value is -2.06. The Labute approximate surface area is 159 Å². The van der Waals surface area contributed by atoms with E-state index in [-0.39, 0.29) is 18.5 Å². The van der Waals surface area contributed by atoms with Gasteiger partial charge in [0.2, 0.25) is 5.91 Å². The quantitative estimate of drug-likeness (QED) is 0.408. The van der Waals surface area contributed by atoms with Gasteiger partial charge >= 0.3 is 0 Å². The third-order valence-electron chi connectivity index (χ3n) is 4.04. The number of hydrogen-bond acceptors (Lipinski definition) is 5. The number of rotatable bonds is 7. The molecule has 26 heavy (non-hydrogen) atoms. The molecule has 2 heterocycles. The lowest BCUT2D eigenvalue weighted by molar-refractivity contribution is -0.127. The molecule has 1 saturated heterocycles. The lowest BCUT2D eigenvalue weighted by Crippen LogP contribution is -2.46.